The zero-order valence-electron chi connectivity index (χ0n) is 17.8. The summed E-state index contributed by atoms with van der Waals surface area (Å²) in [7, 11) is 1.35. The van der Waals surface area contributed by atoms with Crippen molar-refractivity contribution in [2.75, 3.05) is 25.2 Å². The molecule has 1 saturated heterocycles. The number of benzene rings is 1. The van der Waals surface area contributed by atoms with E-state index in [4.69, 9.17) is 4.74 Å². The smallest absolute Gasteiger partial charge is 0.343 e. The van der Waals surface area contributed by atoms with E-state index in [9.17, 15) is 4.79 Å². The lowest BCUT2D eigenvalue weighted by atomic mass is 9.58. The van der Waals surface area contributed by atoms with Crippen LogP contribution in [0.4, 0.5) is 0 Å². The molecule has 1 spiro atoms. The maximum absolute atomic E-state index is 11.3. The van der Waals surface area contributed by atoms with Crippen molar-refractivity contribution >= 4 is 17.7 Å². The summed E-state index contributed by atoms with van der Waals surface area (Å²) >= 11 is 2.02. The van der Waals surface area contributed by atoms with Crippen LogP contribution < -0.4 is 10.1 Å². The van der Waals surface area contributed by atoms with Gasteiger partial charge >= 0.3 is 5.97 Å². The zero-order chi connectivity index (χ0) is 21.2. The van der Waals surface area contributed by atoms with Crippen LogP contribution in [0.2, 0.25) is 0 Å². The van der Waals surface area contributed by atoms with E-state index in [2.05, 4.69) is 45.5 Å². The molecule has 1 aromatic carbocycles. The number of hydrogen-bond acceptors (Lipinski definition) is 8. The summed E-state index contributed by atoms with van der Waals surface area (Å²) in [6.45, 7) is 4.89. The minimum absolute atomic E-state index is 0.0960. The van der Waals surface area contributed by atoms with E-state index >= 15 is 0 Å². The maximum atomic E-state index is 11.3. The van der Waals surface area contributed by atoms with Gasteiger partial charge in [-0.3, -0.25) is 0 Å². The molecular weight excluding hydrogens is 402 g/mol. The Hall–Kier alpha value is -2.13. The van der Waals surface area contributed by atoms with Crippen molar-refractivity contribution in [2.24, 2.45) is 5.41 Å². The first-order chi connectivity index (χ1) is 14.5. The molecule has 4 rings (SSSR count). The topological polar surface area (TPSA) is 91.2 Å². The Labute approximate surface area is 181 Å². The highest BCUT2D eigenvalue weighted by Gasteiger charge is 2.60. The normalized spacial score (nSPS) is 19.6. The van der Waals surface area contributed by atoms with Crippen LogP contribution in [-0.2, 0) is 21.6 Å². The van der Waals surface area contributed by atoms with Gasteiger partial charge in [0.05, 0.1) is 18.7 Å². The van der Waals surface area contributed by atoms with Gasteiger partial charge in [0.1, 0.15) is 5.75 Å². The molecule has 1 aliphatic heterocycles. The number of aromatic nitrogens is 4. The quantitative estimate of drug-likeness (QED) is 0.606. The fourth-order valence-electron chi connectivity index (χ4n) is 4.38. The highest BCUT2D eigenvalue weighted by molar-refractivity contribution is 8.00. The number of methoxy groups -OCH3 is 1. The number of tetrazole rings is 1. The minimum atomic E-state index is -0.396. The summed E-state index contributed by atoms with van der Waals surface area (Å²) in [5.74, 6) is 3.64. The fraction of sp³-hybridized carbons (Fsp3) is 0.619. The number of esters is 1. The van der Waals surface area contributed by atoms with Gasteiger partial charge in [-0.2, -0.15) is 11.8 Å². The number of carbonyl (C=O) groups is 1. The second-order valence-corrected chi connectivity index (χ2v) is 9.48. The lowest BCUT2D eigenvalue weighted by molar-refractivity contribution is -0.142. The average Bonchev–Trinajstić information content (AvgIpc) is 3.20. The standard InChI is InChI=1S/C21H29N5O3S/c1-4-15(2)26-19(23-24-25-26)21(11-20(12-21)13-30-14-20)22-9-16-6-5-7-17(8-16)29-10-18(27)28-3/h5-8,15,22H,4,9-14H2,1-3H3. The molecule has 2 aromatic rings. The van der Waals surface area contributed by atoms with E-state index in [0.717, 1.165) is 30.7 Å². The predicted octanol–water partition coefficient (Wildman–Crippen LogP) is 2.71. The average molecular weight is 432 g/mol. The number of nitrogens with zero attached hydrogens (tertiary/aromatic N) is 4. The number of ether oxygens (including phenoxy) is 2. The molecule has 162 valence electrons. The van der Waals surface area contributed by atoms with Crippen LogP contribution in [0.5, 0.6) is 5.75 Å². The summed E-state index contributed by atoms with van der Waals surface area (Å²) < 4.78 is 12.1. The molecule has 1 N–H and O–H groups in total. The van der Waals surface area contributed by atoms with Crippen LogP contribution in [0.1, 0.15) is 50.5 Å². The van der Waals surface area contributed by atoms with Gasteiger partial charge in [0, 0.05) is 6.54 Å². The number of hydrogen-bond donors (Lipinski definition) is 1. The molecule has 1 aromatic heterocycles. The highest BCUT2D eigenvalue weighted by Crippen LogP contribution is 2.61. The molecule has 2 fully saturated rings. The molecule has 2 aliphatic rings. The van der Waals surface area contributed by atoms with Gasteiger partial charge < -0.3 is 14.8 Å². The Kier molecular flexibility index (Phi) is 6.02. The van der Waals surface area contributed by atoms with Crippen LogP contribution in [0, 0.1) is 5.41 Å². The Morgan fingerprint density at radius 2 is 2.17 bits per heavy atom. The van der Waals surface area contributed by atoms with Crippen molar-refractivity contribution in [3.63, 3.8) is 0 Å². The van der Waals surface area contributed by atoms with Gasteiger partial charge in [-0.05, 0) is 71.2 Å². The third-order valence-corrected chi connectivity index (χ3v) is 7.85. The number of carbonyl (C=O) groups excluding carboxylic acids is 1. The third kappa shape index (κ3) is 4.05. The van der Waals surface area contributed by atoms with Crippen molar-refractivity contribution in [1.82, 2.24) is 25.5 Å². The summed E-state index contributed by atoms with van der Waals surface area (Å²) in [4.78, 5) is 11.3. The summed E-state index contributed by atoms with van der Waals surface area (Å²) in [5.41, 5.74) is 1.30. The van der Waals surface area contributed by atoms with E-state index in [0.29, 0.717) is 17.7 Å². The minimum Gasteiger partial charge on any atom is -0.482 e. The van der Waals surface area contributed by atoms with Gasteiger partial charge in [0.15, 0.2) is 12.4 Å². The molecule has 1 saturated carbocycles. The van der Waals surface area contributed by atoms with E-state index in [1.165, 1.54) is 18.6 Å². The van der Waals surface area contributed by atoms with Gasteiger partial charge in [-0.1, -0.05) is 19.1 Å². The van der Waals surface area contributed by atoms with E-state index in [1.54, 1.807) is 0 Å². The second kappa shape index (κ2) is 8.55. The monoisotopic (exact) mass is 431 g/mol. The first kappa shape index (κ1) is 21.1. The number of rotatable bonds is 9. The second-order valence-electron chi connectivity index (χ2n) is 8.50. The van der Waals surface area contributed by atoms with Crippen LogP contribution >= 0.6 is 11.8 Å². The molecule has 0 bridgehead atoms. The van der Waals surface area contributed by atoms with Crippen molar-refractivity contribution in [3.8, 4) is 5.75 Å². The van der Waals surface area contributed by atoms with Crippen molar-refractivity contribution in [1.29, 1.82) is 0 Å². The predicted molar refractivity (Wildman–Crippen MR) is 114 cm³/mol. The molecule has 8 nitrogen and oxygen atoms in total. The molecule has 1 atom stereocenters. The van der Waals surface area contributed by atoms with Gasteiger partial charge in [0.25, 0.3) is 0 Å². The third-order valence-electron chi connectivity index (χ3n) is 6.21. The van der Waals surface area contributed by atoms with Crippen LogP contribution in [-0.4, -0.2) is 51.4 Å². The number of thioether (sulfide) groups is 1. The molecular formula is C21H29N5O3S. The van der Waals surface area contributed by atoms with Crippen LogP contribution in [0.25, 0.3) is 0 Å². The molecule has 1 aliphatic carbocycles. The maximum Gasteiger partial charge on any atom is 0.343 e. The summed E-state index contributed by atoms with van der Waals surface area (Å²) in [6, 6.07) is 8.04. The van der Waals surface area contributed by atoms with Crippen molar-refractivity contribution < 1.29 is 14.3 Å². The fourth-order valence-corrected chi connectivity index (χ4v) is 5.57. The van der Waals surface area contributed by atoms with E-state index in [1.807, 2.05) is 34.6 Å². The lowest BCUT2D eigenvalue weighted by Crippen LogP contribution is -2.63. The first-order valence-electron chi connectivity index (χ1n) is 10.4. The molecule has 0 radical (unpaired) electrons. The summed E-state index contributed by atoms with van der Waals surface area (Å²) in [5, 5.41) is 16.5. The SMILES string of the molecule is CCC(C)n1nnnc1C1(NCc2cccc(OCC(=O)OC)c2)CC2(CSC2)C1. The Bertz CT molecular complexity index is 890. The van der Waals surface area contributed by atoms with Gasteiger partial charge in [-0.25, -0.2) is 9.48 Å². The van der Waals surface area contributed by atoms with Crippen LogP contribution in [0.15, 0.2) is 24.3 Å². The lowest BCUT2D eigenvalue weighted by Gasteiger charge is -2.60. The Morgan fingerprint density at radius 3 is 2.83 bits per heavy atom. The number of nitrogens with one attached hydrogen (secondary N) is 1. The Morgan fingerprint density at radius 1 is 1.37 bits per heavy atom. The highest BCUT2D eigenvalue weighted by atomic mass is 32.2. The van der Waals surface area contributed by atoms with Crippen LogP contribution in [0.3, 0.4) is 0 Å². The molecule has 2 heterocycles. The zero-order valence-corrected chi connectivity index (χ0v) is 18.6. The van der Waals surface area contributed by atoms with Crippen molar-refractivity contribution in [2.45, 2.75) is 51.2 Å². The molecule has 30 heavy (non-hydrogen) atoms. The first-order valence-corrected chi connectivity index (χ1v) is 11.5. The van der Waals surface area contributed by atoms with Gasteiger partial charge in [-0.15, -0.1) is 5.10 Å². The van der Waals surface area contributed by atoms with Gasteiger partial charge in [0.2, 0.25) is 0 Å². The molecule has 0 amide bonds. The summed E-state index contributed by atoms with van der Waals surface area (Å²) in [6.07, 6.45) is 3.10. The van der Waals surface area contributed by atoms with Crippen molar-refractivity contribution in [3.05, 3.63) is 35.7 Å². The van der Waals surface area contributed by atoms with E-state index in [-0.39, 0.29) is 18.2 Å². The largest absolute Gasteiger partial charge is 0.482 e. The Balaban J connectivity index is 1.49. The molecule has 9 heteroatoms. The van der Waals surface area contributed by atoms with E-state index < -0.39 is 5.97 Å². The molecule has 1 unspecified atom stereocenters.